The van der Waals surface area contributed by atoms with Gasteiger partial charge >= 0.3 is 0 Å². The first-order valence-corrected chi connectivity index (χ1v) is 4.69. The lowest BCUT2D eigenvalue weighted by molar-refractivity contribution is 0.630. The fourth-order valence-electron chi connectivity index (χ4n) is 1.70. The second-order valence-corrected chi connectivity index (χ2v) is 3.47. The van der Waals surface area contributed by atoms with E-state index >= 15 is 0 Å². The SMILES string of the molecule is Cc1ccc2[nH]cc(CCN)c2c1F. The third-order valence-electron chi connectivity index (χ3n) is 2.47. The van der Waals surface area contributed by atoms with Gasteiger partial charge in [-0.2, -0.15) is 0 Å². The van der Waals surface area contributed by atoms with Crippen molar-refractivity contribution in [2.75, 3.05) is 6.54 Å². The highest BCUT2D eigenvalue weighted by atomic mass is 19.1. The van der Waals surface area contributed by atoms with Gasteiger partial charge < -0.3 is 10.7 Å². The van der Waals surface area contributed by atoms with Crippen LogP contribution in [0.3, 0.4) is 0 Å². The van der Waals surface area contributed by atoms with Crippen LogP contribution in [0.4, 0.5) is 4.39 Å². The third kappa shape index (κ3) is 1.30. The normalized spacial score (nSPS) is 11.1. The average Bonchev–Trinajstić information content (AvgIpc) is 2.57. The van der Waals surface area contributed by atoms with E-state index in [2.05, 4.69) is 4.98 Å². The summed E-state index contributed by atoms with van der Waals surface area (Å²) in [7, 11) is 0. The highest BCUT2D eigenvalue weighted by Gasteiger charge is 2.09. The first-order valence-electron chi connectivity index (χ1n) is 4.69. The van der Waals surface area contributed by atoms with Crippen molar-refractivity contribution in [3.05, 3.63) is 35.3 Å². The molecule has 0 saturated carbocycles. The number of benzene rings is 1. The lowest BCUT2D eigenvalue weighted by Crippen LogP contribution is -2.02. The van der Waals surface area contributed by atoms with Crippen LogP contribution < -0.4 is 5.73 Å². The molecule has 2 aromatic rings. The number of hydrogen-bond acceptors (Lipinski definition) is 1. The minimum atomic E-state index is -0.132. The molecule has 3 heteroatoms. The van der Waals surface area contributed by atoms with Gasteiger partial charge in [-0.05, 0) is 37.1 Å². The molecule has 0 atom stereocenters. The lowest BCUT2D eigenvalue weighted by Gasteiger charge is -2.00. The molecule has 0 amide bonds. The van der Waals surface area contributed by atoms with Crippen molar-refractivity contribution >= 4 is 10.9 Å². The molecule has 74 valence electrons. The zero-order valence-corrected chi connectivity index (χ0v) is 8.10. The van der Waals surface area contributed by atoms with Crippen LogP contribution in [0.25, 0.3) is 10.9 Å². The fourth-order valence-corrected chi connectivity index (χ4v) is 1.70. The van der Waals surface area contributed by atoms with E-state index in [1.165, 1.54) is 0 Å². The molecule has 0 aliphatic carbocycles. The maximum atomic E-state index is 13.8. The molecule has 2 rings (SSSR count). The lowest BCUT2D eigenvalue weighted by atomic mass is 10.1. The Morgan fingerprint density at radius 2 is 2.21 bits per heavy atom. The van der Waals surface area contributed by atoms with Gasteiger partial charge in [0.1, 0.15) is 5.82 Å². The van der Waals surface area contributed by atoms with E-state index in [9.17, 15) is 4.39 Å². The molecule has 3 N–H and O–H groups in total. The van der Waals surface area contributed by atoms with Crippen molar-refractivity contribution in [1.82, 2.24) is 4.98 Å². The van der Waals surface area contributed by atoms with Crippen molar-refractivity contribution in [1.29, 1.82) is 0 Å². The van der Waals surface area contributed by atoms with E-state index in [-0.39, 0.29) is 5.82 Å². The monoisotopic (exact) mass is 192 g/mol. The predicted molar refractivity (Wildman–Crippen MR) is 55.8 cm³/mol. The Labute approximate surface area is 81.9 Å². The molecule has 0 bridgehead atoms. The summed E-state index contributed by atoms with van der Waals surface area (Å²) >= 11 is 0. The van der Waals surface area contributed by atoms with Crippen molar-refractivity contribution in [2.45, 2.75) is 13.3 Å². The summed E-state index contributed by atoms with van der Waals surface area (Å²) in [5, 5.41) is 0.690. The van der Waals surface area contributed by atoms with E-state index in [4.69, 9.17) is 5.73 Å². The highest BCUT2D eigenvalue weighted by Crippen LogP contribution is 2.24. The average molecular weight is 192 g/mol. The summed E-state index contributed by atoms with van der Waals surface area (Å²) in [4.78, 5) is 3.05. The number of fused-ring (bicyclic) bond motifs is 1. The van der Waals surface area contributed by atoms with Gasteiger partial charge in [0.2, 0.25) is 0 Å². The quantitative estimate of drug-likeness (QED) is 0.751. The van der Waals surface area contributed by atoms with Gasteiger partial charge in [0.05, 0.1) is 0 Å². The Morgan fingerprint density at radius 1 is 1.43 bits per heavy atom. The van der Waals surface area contributed by atoms with Gasteiger partial charge in [-0.1, -0.05) is 6.07 Å². The van der Waals surface area contributed by atoms with Crippen molar-refractivity contribution in [2.24, 2.45) is 5.73 Å². The zero-order valence-electron chi connectivity index (χ0n) is 8.10. The smallest absolute Gasteiger partial charge is 0.135 e. The Balaban J connectivity index is 2.69. The summed E-state index contributed by atoms with van der Waals surface area (Å²) < 4.78 is 13.8. The second-order valence-electron chi connectivity index (χ2n) is 3.47. The van der Waals surface area contributed by atoms with Crippen molar-refractivity contribution < 1.29 is 4.39 Å². The van der Waals surface area contributed by atoms with E-state index in [0.717, 1.165) is 11.1 Å². The molecule has 1 aromatic carbocycles. The first-order chi connectivity index (χ1) is 6.74. The van der Waals surface area contributed by atoms with Gasteiger partial charge in [0, 0.05) is 17.1 Å². The molecular weight excluding hydrogens is 179 g/mol. The van der Waals surface area contributed by atoms with Gasteiger partial charge in [-0.15, -0.1) is 0 Å². The number of halogens is 1. The summed E-state index contributed by atoms with van der Waals surface area (Å²) in [6.07, 6.45) is 2.54. The van der Waals surface area contributed by atoms with E-state index in [1.807, 2.05) is 12.3 Å². The van der Waals surface area contributed by atoms with Crippen LogP contribution in [-0.4, -0.2) is 11.5 Å². The molecule has 1 aromatic heterocycles. The minimum Gasteiger partial charge on any atom is -0.361 e. The number of aromatic nitrogens is 1. The molecule has 2 nitrogen and oxygen atoms in total. The van der Waals surface area contributed by atoms with Crippen LogP contribution in [0, 0.1) is 12.7 Å². The Morgan fingerprint density at radius 3 is 2.93 bits per heavy atom. The predicted octanol–water partition coefficient (Wildman–Crippen LogP) is 2.12. The number of aryl methyl sites for hydroxylation is 1. The first kappa shape index (κ1) is 9.21. The molecule has 0 aliphatic rings. The molecule has 0 aliphatic heterocycles. The molecule has 0 radical (unpaired) electrons. The maximum absolute atomic E-state index is 13.8. The molecule has 0 fully saturated rings. The summed E-state index contributed by atoms with van der Waals surface area (Å²) in [6.45, 7) is 2.31. The minimum absolute atomic E-state index is 0.132. The summed E-state index contributed by atoms with van der Waals surface area (Å²) in [5.41, 5.74) is 7.94. The van der Waals surface area contributed by atoms with Crippen LogP contribution in [0.15, 0.2) is 18.3 Å². The van der Waals surface area contributed by atoms with E-state index in [0.29, 0.717) is 23.9 Å². The fraction of sp³-hybridized carbons (Fsp3) is 0.273. The number of rotatable bonds is 2. The van der Waals surface area contributed by atoms with Crippen LogP contribution in [0.1, 0.15) is 11.1 Å². The van der Waals surface area contributed by atoms with Crippen molar-refractivity contribution in [3.8, 4) is 0 Å². The van der Waals surface area contributed by atoms with Gasteiger partial charge in [-0.3, -0.25) is 0 Å². The largest absolute Gasteiger partial charge is 0.361 e. The van der Waals surface area contributed by atoms with Crippen LogP contribution in [0.5, 0.6) is 0 Å². The Kier molecular flexibility index (Phi) is 2.25. The molecule has 0 saturated heterocycles. The molecule has 0 unspecified atom stereocenters. The van der Waals surface area contributed by atoms with Gasteiger partial charge in [-0.25, -0.2) is 4.39 Å². The number of nitrogens with one attached hydrogen (secondary N) is 1. The number of hydrogen-bond donors (Lipinski definition) is 2. The van der Waals surface area contributed by atoms with Gasteiger partial charge in [0.25, 0.3) is 0 Å². The molecule has 1 heterocycles. The summed E-state index contributed by atoms with van der Waals surface area (Å²) in [5.74, 6) is -0.132. The highest BCUT2D eigenvalue weighted by molar-refractivity contribution is 5.84. The molecule has 0 spiro atoms. The molecular formula is C11H13FN2. The number of nitrogens with two attached hydrogens (primary N) is 1. The topological polar surface area (TPSA) is 41.8 Å². The molecule has 14 heavy (non-hydrogen) atoms. The van der Waals surface area contributed by atoms with Crippen molar-refractivity contribution in [3.63, 3.8) is 0 Å². The number of aromatic amines is 1. The Hall–Kier alpha value is -1.35. The standard InChI is InChI=1S/C11H13FN2/c1-7-2-3-9-10(11(7)12)8(4-5-13)6-14-9/h2-3,6,14H,4-5,13H2,1H3. The zero-order chi connectivity index (χ0) is 10.1. The van der Waals surface area contributed by atoms with E-state index in [1.54, 1.807) is 13.0 Å². The van der Waals surface area contributed by atoms with Crippen LogP contribution in [0.2, 0.25) is 0 Å². The third-order valence-corrected chi connectivity index (χ3v) is 2.47. The van der Waals surface area contributed by atoms with Crippen LogP contribution in [-0.2, 0) is 6.42 Å². The Bertz CT molecular complexity index is 460. The summed E-state index contributed by atoms with van der Waals surface area (Å²) in [6, 6.07) is 3.67. The second kappa shape index (κ2) is 3.42. The van der Waals surface area contributed by atoms with Crippen LogP contribution >= 0.6 is 0 Å². The van der Waals surface area contributed by atoms with E-state index < -0.39 is 0 Å². The maximum Gasteiger partial charge on any atom is 0.135 e. The van der Waals surface area contributed by atoms with Gasteiger partial charge in [0.15, 0.2) is 0 Å². The number of H-pyrrole nitrogens is 1.